The van der Waals surface area contributed by atoms with Crippen molar-refractivity contribution >= 4 is 49.1 Å². The summed E-state index contributed by atoms with van der Waals surface area (Å²) >= 11 is 6.79. The van der Waals surface area contributed by atoms with Crippen molar-refractivity contribution in [1.82, 2.24) is 0 Å². The number of hydrogen-bond donors (Lipinski definition) is 2. The van der Waals surface area contributed by atoms with Crippen LogP contribution in [0, 0.1) is 0 Å². The minimum Gasteiger partial charge on any atom is -0.399 e. The first-order valence-corrected chi connectivity index (χ1v) is 7.74. The van der Waals surface area contributed by atoms with E-state index >= 15 is 0 Å². The lowest BCUT2D eigenvalue weighted by atomic mass is 10.1. The predicted molar refractivity (Wildman–Crippen MR) is 90.0 cm³/mol. The number of amides is 1. The summed E-state index contributed by atoms with van der Waals surface area (Å²) in [6.45, 7) is 2.08. The van der Waals surface area contributed by atoms with Crippen molar-refractivity contribution in [3.8, 4) is 0 Å². The van der Waals surface area contributed by atoms with Crippen LogP contribution >= 0.6 is 31.9 Å². The molecule has 1 amide bonds. The third-order valence-corrected chi connectivity index (χ3v) is 4.18. The second-order valence-electron chi connectivity index (χ2n) is 4.36. The Morgan fingerprint density at radius 3 is 2.20 bits per heavy atom. The van der Waals surface area contributed by atoms with Crippen LogP contribution in [-0.4, -0.2) is 5.91 Å². The number of benzene rings is 2. The summed E-state index contributed by atoms with van der Waals surface area (Å²) < 4.78 is 1.48. The van der Waals surface area contributed by atoms with E-state index < -0.39 is 0 Å². The van der Waals surface area contributed by atoms with Gasteiger partial charge in [-0.15, -0.1) is 0 Å². The third kappa shape index (κ3) is 3.41. The highest BCUT2D eigenvalue weighted by atomic mass is 79.9. The first kappa shape index (κ1) is 15.1. The zero-order valence-corrected chi connectivity index (χ0v) is 14.1. The number of nitrogens with two attached hydrogens (primary N) is 1. The van der Waals surface area contributed by atoms with Gasteiger partial charge >= 0.3 is 0 Å². The van der Waals surface area contributed by atoms with Gasteiger partial charge < -0.3 is 11.1 Å². The van der Waals surface area contributed by atoms with Crippen LogP contribution < -0.4 is 11.1 Å². The summed E-state index contributed by atoms with van der Waals surface area (Å²) in [6, 6.07) is 11.1. The molecule has 5 heteroatoms. The van der Waals surface area contributed by atoms with Crippen LogP contribution in [0.25, 0.3) is 0 Å². The van der Waals surface area contributed by atoms with Gasteiger partial charge in [0.15, 0.2) is 0 Å². The number of aryl methyl sites for hydroxylation is 1. The van der Waals surface area contributed by atoms with E-state index in [2.05, 4.69) is 44.1 Å². The SMILES string of the molecule is CCc1ccc(C(=O)Nc2c(Br)cc(N)cc2Br)cc1. The Kier molecular flexibility index (Phi) is 4.83. The molecule has 3 N–H and O–H groups in total. The molecule has 0 atom stereocenters. The summed E-state index contributed by atoms with van der Waals surface area (Å²) in [5, 5.41) is 2.87. The Hall–Kier alpha value is -1.33. The Labute approximate surface area is 134 Å². The molecule has 2 rings (SSSR count). The Morgan fingerprint density at radius 2 is 1.70 bits per heavy atom. The van der Waals surface area contributed by atoms with E-state index in [1.165, 1.54) is 5.56 Å². The van der Waals surface area contributed by atoms with E-state index in [0.717, 1.165) is 15.4 Å². The standard InChI is InChI=1S/C15H14Br2N2O/c1-2-9-3-5-10(6-4-9)15(20)19-14-12(16)7-11(18)8-13(14)17/h3-8H,2,18H2,1H3,(H,19,20). The second kappa shape index (κ2) is 6.41. The van der Waals surface area contributed by atoms with Crippen LogP contribution in [0.3, 0.4) is 0 Å². The van der Waals surface area contributed by atoms with Gasteiger partial charge in [-0.2, -0.15) is 0 Å². The van der Waals surface area contributed by atoms with Gasteiger partial charge in [-0.25, -0.2) is 0 Å². The fourth-order valence-electron chi connectivity index (χ4n) is 1.79. The molecule has 20 heavy (non-hydrogen) atoms. The zero-order valence-electron chi connectivity index (χ0n) is 10.9. The van der Waals surface area contributed by atoms with Crippen molar-refractivity contribution in [1.29, 1.82) is 0 Å². The molecular formula is C15H14Br2N2O. The molecule has 0 heterocycles. The Bertz CT molecular complexity index is 616. The van der Waals surface area contributed by atoms with Crippen LogP contribution in [0.1, 0.15) is 22.8 Å². The van der Waals surface area contributed by atoms with Gasteiger partial charge in [0.1, 0.15) is 0 Å². The van der Waals surface area contributed by atoms with E-state index in [1.807, 2.05) is 24.3 Å². The first-order valence-electron chi connectivity index (χ1n) is 6.16. The molecular weight excluding hydrogens is 384 g/mol. The fraction of sp³-hybridized carbons (Fsp3) is 0.133. The van der Waals surface area contributed by atoms with Crippen molar-refractivity contribution < 1.29 is 4.79 Å². The summed E-state index contributed by atoms with van der Waals surface area (Å²) in [7, 11) is 0. The lowest BCUT2D eigenvalue weighted by Gasteiger charge is -2.11. The van der Waals surface area contributed by atoms with Crippen LogP contribution in [0.15, 0.2) is 45.3 Å². The van der Waals surface area contributed by atoms with Crippen molar-refractivity contribution in [2.24, 2.45) is 0 Å². The van der Waals surface area contributed by atoms with Gasteiger partial charge in [-0.1, -0.05) is 19.1 Å². The van der Waals surface area contributed by atoms with E-state index in [1.54, 1.807) is 12.1 Å². The minimum absolute atomic E-state index is 0.154. The molecule has 0 fully saturated rings. The van der Waals surface area contributed by atoms with Gasteiger partial charge in [0.25, 0.3) is 5.91 Å². The first-order chi connectivity index (χ1) is 9.51. The predicted octanol–water partition coefficient (Wildman–Crippen LogP) is 4.61. The average molecular weight is 398 g/mol. The summed E-state index contributed by atoms with van der Waals surface area (Å²) in [6.07, 6.45) is 0.955. The number of nitrogens with one attached hydrogen (secondary N) is 1. The van der Waals surface area contributed by atoms with Gasteiger partial charge in [0.2, 0.25) is 0 Å². The van der Waals surface area contributed by atoms with Crippen molar-refractivity contribution in [3.63, 3.8) is 0 Å². The molecule has 2 aromatic carbocycles. The van der Waals surface area contributed by atoms with Crippen molar-refractivity contribution in [2.75, 3.05) is 11.1 Å². The molecule has 0 spiro atoms. The highest BCUT2D eigenvalue weighted by molar-refractivity contribution is 9.11. The summed E-state index contributed by atoms with van der Waals surface area (Å²) in [5.74, 6) is -0.154. The maximum absolute atomic E-state index is 12.2. The summed E-state index contributed by atoms with van der Waals surface area (Å²) in [4.78, 5) is 12.2. The number of carbonyl (C=O) groups excluding carboxylic acids is 1. The zero-order chi connectivity index (χ0) is 14.7. The maximum Gasteiger partial charge on any atom is 0.255 e. The molecule has 0 radical (unpaired) electrons. The van der Waals surface area contributed by atoms with E-state index in [0.29, 0.717) is 16.9 Å². The maximum atomic E-state index is 12.2. The average Bonchev–Trinajstić information content (AvgIpc) is 2.42. The van der Waals surface area contributed by atoms with Gasteiger partial charge in [-0.05, 0) is 68.1 Å². The quantitative estimate of drug-likeness (QED) is 0.743. The molecule has 0 saturated carbocycles. The van der Waals surface area contributed by atoms with Crippen molar-refractivity contribution in [3.05, 3.63) is 56.5 Å². The molecule has 2 aromatic rings. The van der Waals surface area contributed by atoms with E-state index in [9.17, 15) is 4.79 Å². The second-order valence-corrected chi connectivity index (χ2v) is 6.07. The normalized spacial score (nSPS) is 10.3. The molecule has 0 saturated heterocycles. The lowest BCUT2D eigenvalue weighted by Crippen LogP contribution is -2.13. The van der Waals surface area contributed by atoms with Crippen LogP contribution in [0.4, 0.5) is 11.4 Å². The third-order valence-electron chi connectivity index (χ3n) is 2.93. The molecule has 0 unspecified atom stereocenters. The number of anilines is 2. The number of carbonyl (C=O) groups is 1. The molecule has 0 aromatic heterocycles. The molecule has 0 aliphatic heterocycles. The Morgan fingerprint density at radius 1 is 1.15 bits per heavy atom. The molecule has 104 valence electrons. The Balaban J connectivity index is 2.23. The van der Waals surface area contributed by atoms with Crippen molar-refractivity contribution in [2.45, 2.75) is 13.3 Å². The van der Waals surface area contributed by atoms with Gasteiger partial charge in [0, 0.05) is 20.2 Å². The number of halogens is 2. The van der Waals surface area contributed by atoms with Gasteiger partial charge in [0.05, 0.1) is 5.69 Å². The highest BCUT2D eigenvalue weighted by Gasteiger charge is 2.12. The highest BCUT2D eigenvalue weighted by Crippen LogP contribution is 2.33. The topological polar surface area (TPSA) is 55.1 Å². The molecule has 0 bridgehead atoms. The minimum atomic E-state index is -0.154. The summed E-state index contributed by atoms with van der Waals surface area (Å²) in [5.41, 5.74) is 8.85. The molecule has 3 nitrogen and oxygen atoms in total. The number of nitrogen functional groups attached to an aromatic ring is 1. The monoisotopic (exact) mass is 396 g/mol. The van der Waals surface area contributed by atoms with E-state index in [-0.39, 0.29) is 5.91 Å². The molecule has 0 aliphatic carbocycles. The number of rotatable bonds is 3. The van der Waals surface area contributed by atoms with E-state index in [4.69, 9.17) is 5.73 Å². The fourth-order valence-corrected chi connectivity index (χ4v) is 3.21. The largest absolute Gasteiger partial charge is 0.399 e. The lowest BCUT2D eigenvalue weighted by molar-refractivity contribution is 0.102. The van der Waals surface area contributed by atoms with Gasteiger partial charge in [-0.3, -0.25) is 4.79 Å². The molecule has 0 aliphatic rings. The smallest absolute Gasteiger partial charge is 0.255 e. The van der Waals surface area contributed by atoms with Crippen LogP contribution in [0.5, 0.6) is 0 Å². The van der Waals surface area contributed by atoms with Crippen LogP contribution in [0.2, 0.25) is 0 Å². The number of hydrogen-bond acceptors (Lipinski definition) is 2. The van der Waals surface area contributed by atoms with Crippen LogP contribution in [-0.2, 0) is 6.42 Å².